The molecule has 2 aromatic rings. The molecule has 0 spiro atoms. The van der Waals surface area contributed by atoms with Crippen LogP contribution in [0, 0.1) is 11.7 Å². The lowest BCUT2D eigenvalue weighted by Crippen LogP contribution is -1.97. The van der Waals surface area contributed by atoms with Crippen LogP contribution in [0.3, 0.4) is 0 Å². The molecule has 0 aliphatic heterocycles. The maximum absolute atomic E-state index is 14.1. The Balaban J connectivity index is 2.48. The second kappa shape index (κ2) is 6.61. The van der Waals surface area contributed by atoms with Crippen LogP contribution in [0.15, 0.2) is 36.4 Å². The van der Waals surface area contributed by atoms with Crippen LogP contribution in [0.4, 0.5) is 4.39 Å². The largest absolute Gasteiger partial charge is 0.497 e. The number of methoxy groups -OCH3 is 2. The molecule has 0 fully saturated rings. The first-order valence-corrected chi connectivity index (χ1v) is 7.06. The molecule has 0 aromatic heterocycles. The highest BCUT2D eigenvalue weighted by Gasteiger charge is 2.13. The van der Waals surface area contributed by atoms with Crippen LogP contribution >= 0.6 is 0 Å². The summed E-state index contributed by atoms with van der Waals surface area (Å²) in [6.45, 7) is 4.34. The highest BCUT2D eigenvalue weighted by Crippen LogP contribution is 2.35. The second-order valence-corrected chi connectivity index (χ2v) is 5.48. The van der Waals surface area contributed by atoms with Crippen molar-refractivity contribution >= 4 is 0 Å². The lowest BCUT2D eigenvalue weighted by Gasteiger charge is -2.13. The van der Waals surface area contributed by atoms with Gasteiger partial charge >= 0.3 is 0 Å². The number of rotatable bonds is 5. The minimum atomic E-state index is -0.286. The standard InChI is InChI=1S/C18H21FO2/c1-12(2)9-13-5-7-15(18(10-13)21-4)16-11-14(20-3)6-8-17(16)19/h5-8,10-12H,9H2,1-4H3. The van der Waals surface area contributed by atoms with E-state index in [4.69, 9.17) is 9.47 Å². The van der Waals surface area contributed by atoms with Crippen molar-refractivity contribution in [1.29, 1.82) is 0 Å². The minimum Gasteiger partial charge on any atom is -0.497 e. The average Bonchev–Trinajstić information content (AvgIpc) is 2.47. The number of hydrogen-bond donors (Lipinski definition) is 0. The summed E-state index contributed by atoms with van der Waals surface area (Å²) in [5.74, 6) is 1.58. The van der Waals surface area contributed by atoms with Crippen LogP contribution in [0.2, 0.25) is 0 Å². The normalized spacial score (nSPS) is 10.8. The summed E-state index contributed by atoms with van der Waals surface area (Å²) in [4.78, 5) is 0. The first kappa shape index (κ1) is 15.4. The van der Waals surface area contributed by atoms with Crippen molar-refractivity contribution < 1.29 is 13.9 Å². The summed E-state index contributed by atoms with van der Waals surface area (Å²) in [5, 5.41) is 0. The molecule has 112 valence electrons. The minimum absolute atomic E-state index is 0.286. The maximum atomic E-state index is 14.1. The molecule has 0 aliphatic carbocycles. The van der Waals surface area contributed by atoms with E-state index in [1.807, 2.05) is 18.2 Å². The number of benzene rings is 2. The van der Waals surface area contributed by atoms with Crippen LogP contribution < -0.4 is 9.47 Å². The van der Waals surface area contributed by atoms with E-state index < -0.39 is 0 Å². The molecule has 0 N–H and O–H groups in total. The van der Waals surface area contributed by atoms with Crippen molar-refractivity contribution in [2.75, 3.05) is 14.2 Å². The smallest absolute Gasteiger partial charge is 0.131 e. The Bertz CT molecular complexity index is 621. The van der Waals surface area contributed by atoms with E-state index >= 15 is 0 Å². The monoisotopic (exact) mass is 288 g/mol. The van der Waals surface area contributed by atoms with E-state index in [-0.39, 0.29) is 5.82 Å². The van der Waals surface area contributed by atoms with Gasteiger partial charge in [-0.1, -0.05) is 26.0 Å². The Kier molecular flexibility index (Phi) is 4.84. The fourth-order valence-electron chi connectivity index (χ4n) is 2.39. The topological polar surface area (TPSA) is 18.5 Å². The van der Waals surface area contributed by atoms with Crippen LogP contribution in [-0.2, 0) is 6.42 Å². The lowest BCUT2D eigenvalue weighted by molar-refractivity contribution is 0.412. The molecular weight excluding hydrogens is 267 g/mol. The average molecular weight is 288 g/mol. The molecule has 21 heavy (non-hydrogen) atoms. The van der Waals surface area contributed by atoms with Crippen molar-refractivity contribution in [3.8, 4) is 22.6 Å². The van der Waals surface area contributed by atoms with Gasteiger partial charge in [0.2, 0.25) is 0 Å². The number of ether oxygens (including phenoxy) is 2. The third kappa shape index (κ3) is 3.54. The van der Waals surface area contributed by atoms with E-state index in [1.165, 1.54) is 11.6 Å². The Morgan fingerprint density at radius 2 is 1.71 bits per heavy atom. The second-order valence-electron chi connectivity index (χ2n) is 5.48. The molecule has 0 aliphatic rings. The molecule has 0 saturated carbocycles. The van der Waals surface area contributed by atoms with Gasteiger partial charge in [0.1, 0.15) is 17.3 Å². The predicted molar refractivity (Wildman–Crippen MR) is 83.5 cm³/mol. The van der Waals surface area contributed by atoms with Gasteiger partial charge in [-0.3, -0.25) is 0 Å². The number of halogens is 1. The summed E-state index contributed by atoms with van der Waals surface area (Å²) in [5.41, 5.74) is 2.41. The Morgan fingerprint density at radius 1 is 0.952 bits per heavy atom. The van der Waals surface area contributed by atoms with Gasteiger partial charge in [0, 0.05) is 11.1 Å². The lowest BCUT2D eigenvalue weighted by atomic mass is 9.97. The van der Waals surface area contributed by atoms with E-state index in [0.29, 0.717) is 23.0 Å². The maximum Gasteiger partial charge on any atom is 0.131 e. The van der Waals surface area contributed by atoms with Crippen molar-refractivity contribution in [2.24, 2.45) is 5.92 Å². The highest BCUT2D eigenvalue weighted by atomic mass is 19.1. The van der Waals surface area contributed by atoms with E-state index in [9.17, 15) is 4.39 Å². The van der Waals surface area contributed by atoms with Gasteiger partial charge in [0.15, 0.2) is 0 Å². The molecule has 3 heteroatoms. The first-order valence-electron chi connectivity index (χ1n) is 7.06. The van der Waals surface area contributed by atoms with Crippen LogP contribution in [0.1, 0.15) is 19.4 Å². The van der Waals surface area contributed by atoms with Crippen molar-refractivity contribution in [1.82, 2.24) is 0 Å². The molecule has 0 saturated heterocycles. The van der Waals surface area contributed by atoms with Gasteiger partial charge in [-0.15, -0.1) is 0 Å². The summed E-state index contributed by atoms with van der Waals surface area (Å²) in [7, 11) is 3.18. The van der Waals surface area contributed by atoms with Gasteiger partial charge in [-0.25, -0.2) is 4.39 Å². The van der Waals surface area contributed by atoms with E-state index in [0.717, 1.165) is 12.0 Å². The van der Waals surface area contributed by atoms with Crippen LogP contribution in [0.5, 0.6) is 11.5 Å². The molecule has 2 nitrogen and oxygen atoms in total. The molecule has 0 heterocycles. The van der Waals surface area contributed by atoms with E-state index in [2.05, 4.69) is 13.8 Å². The summed E-state index contributed by atoms with van der Waals surface area (Å²) >= 11 is 0. The van der Waals surface area contributed by atoms with Gasteiger partial charge < -0.3 is 9.47 Å². The molecule has 0 radical (unpaired) electrons. The van der Waals surface area contributed by atoms with Gasteiger partial charge in [-0.05, 0) is 42.2 Å². The molecule has 2 rings (SSSR count). The zero-order valence-electron chi connectivity index (χ0n) is 12.9. The van der Waals surface area contributed by atoms with Crippen LogP contribution in [-0.4, -0.2) is 14.2 Å². The fraction of sp³-hybridized carbons (Fsp3) is 0.333. The summed E-state index contributed by atoms with van der Waals surface area (Å²) < 4.78 is 24.7. The van der Waals surface area contributed by atoms with E-state index in [1.54, 1.807) is 26.4 Å². The fourth-order valence-corrected chi connectivity index (χ4v) is 2.39. The van der Waals surface area contributed by atoms with Gasteiger partial charge in [0.05, 0.1) is 14.2 Å². The molecule has 0 unspecified atom stereocenters. The molecular formula is C18H21FO2. The van der Waals surface area contributed by atoms with Gasteiger partial charge in [0.25, 0.3) is 0 Å². The Morgan fingerprint density at radius 3 is 2.33 bits per heavy atom. The third-order valence-electron chi connectivity index (χ3n) is 3.37. The highest BCUT2D eigenvalue weighted by molar-refractivity contribution is 5.72. The van der Waals surface area contributed by atoms with Crippen molar-refractivity contribution in [3.05, 3.63) is 47.8 Å². The predicted octanol–water partition coefficient (Wildman–Crippen LogP) is 4.71. The summed E-state index contributed by atoms with van der Waals surface area (Å²) in [6.07, 6.45) is 0.969. The first-order chi connectivity index (χ1) is 10.0. The quantitative estimate of drug-likeness (QED) is 0.793. The van der Waals surface area contributed by atoms with Gasteiger partial charge in [-0.2, -0.15) is 0 Å². The SMILES string of the molecule is COc1ccc(F)c(-c2ccc(CC(C)C)cc2OC)c1. The Labute approximate surface area is 125 Å². The van der Waals surface area contributed by atoms with Crippen LogP contribution in [0.25, 0.3) is 11.1 Å². The number of hydrogen-bond acceptors (Lipinski definition) is 2. The molecule has 0 atom stereocenters. The third-order valence-corrected chi connectivity index (χ3v) is 3.37. The summed E-state index contributed by atoms with van der Waals surface area (Å²) in [6, 6.07) is 10.6. The molecule has 2 aromatic carbocycles. The Hall–Kier alpha value is -2.03. The zero-order chi connectivity index (χ0) is 15.4. The van der Waals surface area contributed by atoms with Crippen molar-refractivity contribution in [2.45, 2.75) is 20.3 Å². The molecule has 0 bridgehead atoms. The zero-order valence-corrected chi connectivity index (χ0v) is 12.9. The molecule has 0 amide bonds. The van der Waals surface area contributed by atoms with Crippen molar-refractivity contribution in [3.63, 3.8) is 0 Å².